The van der Waals surface area contributed by atoms with Gasteiger partial charge >= 0.3 is 5.97 Å². The van der Waals surface area contributed by atoms with Gasteiger partial charge in [0.25, 0.3) is 6.43 Å². The highest BCUT2D eigenvalue weighted by Crippen LogP contribution is 2.25. The van der Waals surface area contributed by atoms with E-state index in [0.29, 0.717) is 12.1 Å². The molecule has 0 saturated carbocycles. The van der Waals surface area contributed by atoms with Crippen molar-refractivity contribution in [2.45, 2.75) is 6.43 Å². The largest absolute Gasteiger partial charge is 0.465 e. The second kappa shape index (κ2) is 4.66. The van der Waals surface area contributed by atoms with Crippen molar-refractivity contribution in [3.63, 3.8) is 0 Å². The smallest absolute Gasteiger partial charge is 0.340 e. The van der Waals surface area contributed by atoms with Crippen LogP contribution in [0.4, 0.5) is 13.2 Å². The van der Waals surface area contributed by atoms with Crippen molar-refractivity contribution in [3.05, 3.63) is 34.6 Å². The van der Waals surface area contributed by atoms with Crippen LogP contribution in [0.25, 0.3) is 0 Å². The van der Waals surface area contributed by atoms with Crippen molar-refractivity contribution in [3.8, 4) is 6.07 Å². The van der Waals surface area contributed by atoms with Crippen LogP contribution in [-0.4, -0.2) is 13.1 Å². The Bertz CT molecular complexity index is 466. The number of benzene rings is 1. The van der Waals surface area contributed by atoms with E-state index < -0.39 is 34.9 Å². The van der Waals surface area contributed by atoms with Crippen LogP contribution in [0.3, 0.4) is 0 Å². The molecule has 0 bridgehead atoms. The first-order chi connectivity index (χ1) is 7.51. The lowest BCUT2D eigenvalue weighted by Gasteiger charge is -2.06. The van der Waals surface area contributed by atoms with Crippen LogP contribution in [0.1, 0.15) is 27.9 Å². The molecule has 0 radical (unpaired) electrons. The Morgan fingerprint density at radius 2 is 2.12 bits per heavy atom. The van der Waals surface area contributed by atoms with E-state index in [1.807, 2.05) is 0 Å². The van der Waals surface area contributed by atoms with E-state index in [9.17, 15) is 18.0 Å². The van der Waals surface area contributed by atoms with Crippen molar-refractivity contribution in [2.24, 2.45) is 0 Å². The SMILES string of the molecule is COC(=O)c1cc(C(F)F)c(C#N)cc1F. The van der Waals surface area contributed by atoms with E-state index in [1.165, 1.54) is 6.07 Å². The highest BCUT2D eigenvalue weighted by molar-refractivity contribution is 5.90. The van der Waals surface area contributed by atoms with Gasteiger partial charge in [0.05, 0.1) is 24.3 Å². The maximum atomic E-state index is 13.2. The minimum atomic E-state index is -2.96. The summed E-state index contributed by atoms with van der Waals surface area (Å²) >= 11 is 0. The molecule has 16 heavy (non-hydrogen) atoms. The summed E-state index contributed by atoms with van der Waals surface area (Å²) in [5, 5.41) is 8.51. The van der Waals surface area contributed by atoms with Gasteiger partial charge in [0, 0.05) is 5.56 Å². The molecule has 0 amide bonds. The molecule has 1 rings (SSSR count). The fraction of sp³-hybridized carbons (Fsp3) is 0.200. The summed E-state index contributed by atoms with van der Waals surface area (Å²) in [6.07, 6.45) is -2.96. The Kier molecular flexibility index (Phi) is 3.51. The Morgan fingerprint density at radius 3 is 2.56 bits per heavy atom. The molecule has 84 valence electrons. The van der Waals surface area contributed by atoms with Gasteiger partial charge in [-0.05, 0) is 12.1 Å². The molecule has 0 unspecified atom stereocenters. The fourth-order valence-corrected chi connectivity index (χ4v) is 1.13. The van der Waals surface area contributed by atoms with E-state index in [-0.39, 0.29) is 0 Å². The standard InChI is InChI=1S/C10H6F3NO2/c1-16-10(15)7-3-6(9(12)13)5(4-14)2-8(7)11/h2-3,9H,1H3. The molecule has 0 saturated heterocycles. The van der Waals surface area contributed by atoms with Gasteiger partial charge in [0.15, 0.2) is 0 Å². The summed E-state index contributed by atoms with van der Waals surface area (Å²) < 4.78 is 42.4. The summed E-state index contributed by atoms with van der Waals surface area (Å²) in [6, 6.07) is 2.65. The molecule has 0 aromatic heterocycles. The molecular formula is C10H6F3NO2. The maximum Gasteiger partial charge on any atom is 0.340 e. The summed E-state index contributed by atoms with van der Waals surface area (Å²) in [5.74, 6) is -2.13. The minimum absolute atomic E-state index is 0.500. The highest BCUT2D eigenvalue weighted by atomic mass is 19.3. The second-order valence-electron chi connectivity index (χ2n) is 2.82. The number of methoxy groups -OCH3 is 1. The summed E-state index contributed by atoms with van der Waals surface area (Å²) in [7, 11) is 1.00. The zero-order valence-corrected chi connectivity index (χ0v) is 8.13. The van der Waals surface area contributed by atoms with Gasteiger partial charge in [-0.3, -0.25) is 0 Å². The molecule has 1 aromatic rings. The van der Waals surface area contributed by atoms with E-state index in [2.05, 4.69) is 4.74 Å². The third-order valence-electron chi connectivity index (χ3n) is 1.90. The van der Waals surface area contributed by atoms with Gasteiger partial charge in [-0.1, -0.05) is 0 Å². The Labute approximate surface area is 89.1 Å². The lowest BCUT2D eigenvalue weighted by atomic mass is 10.0. The van der Waals surface area contributed by atoms with Crippen LogP contribution in [-0.2, 0) is 4.74 Å². The predicted molar refractivity (Wildman–Crippen MR) is 47.4 cm³/mol. The summed E-state index contributed by atoms with van der Waals surface area (Å²) in [4.78, 5) is 11.0. The van der Waals surface area contributed by atoms with Crippen LogP contribution >= 0.6 is 0 Å². The molecule has 6 heteroatoms. The molecular weight excluding hydrogens is 223 g/mol. The van der Waals surface area contributed by atoms with Crippen molar-refractivity contribution in [2.75, 3.05) is 7.11 Å². The van der Waals surface area contributed by atoms with Crippen LogP contribution < -0.4 is 0 Å². The number of rotatable bonds is 2. The normalized spacial score (nSPS) is 10.0. The van der Waals surface area contributed by atoms with Gasteiger partial charge in [-0.25, -0.2) is 18.0 Å². The molecule has 0 aliphatic rings. The number of carbonyl (C=O) groups is 1. The third-order valence-corrected chi connectivity index (χ3v) is 1.90. The number of carbonyl (C=O) groups excluding carboxylic acids is 1. The van der Waals surface area contributed by atoms with Crippen LogP contribution in [0, 0.1) is 17.1 Å². The lowest BCUT2D eigenvalue weighted by molar-refractivity contribution is 0.0595. The van der Waals surface area contributed by atoms with Gasteiger partial charge in [0.2, 0.25) is 0 Å². The molecule has 0 aliphatic carbocycles. The average molecular weight is 229 g/mol. The Morgan fingerprint density at radius 1 is 1.50 bits per heavy atom. The summed E-state index contributed by atoms with van der Waals surface area (Å²) in [5.41, 5.74) is -1.80. The zero-order valence-electron chi connectivity index (χ0n) is 8.13. The molecule has 0 N–H and O–H groups in total. The Balaban J connectivity index is 3.40. The highest BCUT2D eigenvalue weighted by Gasteiger charge is 2.20. The van der Waals surface area contributed by atoms with Crippen LogP contribution in [0.2, 0.25) is 0 Å². The monoisotopic (exact) mass is 229 g/mol. The number of nitriles is 1. The van der Waals surface area contributed by atoms with E-state index in [0.717, 1.165) is 7.11 Å². The van der Waals surface area contributed by atoms with E-state index in [1.54, 1.807) is 0 Å². The molecule has 0 spiro atoms. The van der Waals surface area contributed by atoms with Gasteiger partial charge in [-0.15, -0.1) is 0 Å². The first-order valence-corrected chi connectivity index (χ1v) is 4.11. The maximum absolute atomic E-state index is 13.2. The molecule has 0 fully saturated rings. The number of halogens is 3. The minimum Gasteiger partial charge on any atom is -0.465 e. The van der Waals surface area contributed by atoms with Crippen molar-refractivity contribution in [1.29, 1.82) is 5.26 Å². The second-order valence-corrected chi connectivity index (χ2v) is 2.82. The molecule has 0 heterocycles. The van der Waals surface area contributed by atoms with Crippen molar-refractivity contribution < 1.29 is 22.7 Å². The lowest BCUT2D eigenvalue weighted by Crippen LogP contribution is -2.07. The van der Waals surface area contributed by atoms with Crippen LogP contribution in [0.15, 0.2) is 12.1 Å². The summed E-state index contributed by atoms with van der Waals surface area (Å²) in [6.45, 7) is 0. The number of hydrogen-bond acceptors (Lipinski definition) is 3. The molecule has 0 atom stereocenters. The Hall–Kier alpha value is -2.03. The van der Waals surface area contributed by atoms with Crippen molar-refractivity contribution in [1.82, 2.24) is 0 Å². The number of hydrogen-bond donors (Lipinski definition) is 0. The number of ether oxygens (including phenoxy) is 1. The molecule has 0 aliphatic heterocycles. The molecule has 3 nitrogen and oxygen atoms in total. The third kappa shape index (κ3) is 2.14. The quantitative estimate of drug-likeness (QED) is 0.731. The number of esters is 1. The zero-order chi connectivity index (χ0) is 12.3. The average Bonchev–Trinajstić information content (AvgIpc) is 2.27. The molecule has 1 aromatic carbocycles. The van der Waals surface area contributed by atoms with Gasteiger partial charge < -0.3 is 4.74 Å². The van der Waals surface area contributed by atoms with E-state index >= 15 is 0 Å². The predicted octanol–water partition coefficient (Wildman–Crippen LogP) is 2.42. The van der Waals surface area contributed by atoms with Gasteiger partial charge in [-0.2, -0.15) is 5.26 Å². The van der Waals surface area contributed by atoms with E-state index in [4.69, 9.17) is 5.26 Å². The van der Waals surface area contributed by atoms with Gasteiger partial charge in [0.1, 0.15) is 5.82 Å². The first kappa shape index (κ1) is 12.0. The van der Waals surface area contributed by atoms with Crippen LogP contribution in [0.5, 0.6) is 0 Å². The number of alkyl halides is 2. The first-order valence-electron chi connectivity index (χ1n) is 4.11. The number of nitrogens with zero attached hydrogens (tertiary/aromatic N) is 1. The van der Waals surface area contributed by atoms with Crippen molar-refractivity contribution >= 4 is 5.97 Å². The topological polar surface area (TPSA) is 50.1 Å². The fourth-order valence-electron chi connectivity index (χ4n) is 1.13.